The Bertz CT molecular complexity index is 4910. The number of anilines is 8. The minimum Gasteiger partial charge on any atom is -0.505 e. The fraction of sp³-hybridized carbons (Fsp3) is 0.0400. The van der Waals surface area contributed by atoms with Gasteiger partial charge in [0.1, 0.15) is 21.2 Å². The number of hydrogen-bond acceptors (Lipinski definition) is 28. The van der Waals surface area contributed by atoms with E-state index < -0.39 is 196 Å². The second kappa shape index (κ2) is 24.5. The topological polar surface area (TPSA) is 582 Å². The van der Waals surface area contributed by atoms with E-state index in [4.69, 9.17) is 23.2 Å². The first-order chi connectivity index (χ1) is 42.8. The lowest BCUT2D eigenvalue weighted by Gasteiger charge is -2.17. The van der Waals surface area contributed by atoms with Crippen molar-refractivity contribution < 1.29 is 102 Å². The van der Waals surface area contributed by atoms with Gasteiger partial charge >= 0.3 is 23.9 Å². The van der Waals surface area contributed by atoms with E-state index in [9.17, 15) is 102 Å². The van der Waals surface area contributed by atoms with Crippen LogP contribution in [0.4, 0.5) is 69.3 Å². The highest BCUT2D eigenvalue weighted by molar-refractivity contribution is 7.86. The molecule has 9 rings (SSSR count). The summed E-state index contributed by atoms with van der Waals surface area (Å²) in [5.41, 5.74) is -5.09. The molecular formula is C50H34Cl2N14O22S4. The van der Waals surface area contributed by atoms with Crippen LogP contribution in [-0.2, 0) is 40.5 Å². The van der Waals surface area contributed by atoms with Crippen molar-refractivity contribution in [3.8, 4) is 11.5 Å². The summed E-state index contributed by atoms with van der Waals surface area (Å²) in [6, 6.07) is 12.1. The average molecular weight is 1380 g/mol. The molecule has 0 aliphatic carbocycles. The molecule has 0 bridgehead atoms. The highest BCUT2D eigenvalue weighted by atomic mass is 35.5. The van der Waals surface area contributed by atoms with Crippen molar-refractivity contribution in [1.29, 1.82) is 0 Å². The van der Waals surface area contributed by atoms with Crippen LogP contribution in [0.15, 0.2) is 125 Å². The summed E-state index contributed by atoms with van der Waals surface area (Å²) < 4.78 is 142. The van der Waals surface area contributed by atoms with E-state index in [1.54, 1.807) is 13.8 Å². The first-order valence-corrected chi connectivity index (χ1v) is 31.0. The van der Waals surface area contributed by atoms with Gasteiger partial charge in [0.15, 0.2) is 11.5 Å². The molecular weight excluding hydrogens is 1350 g/mol. The number of carbonyl (C=O) groups is 4. The van der Waals surface area contributed by atoms with Crippen LogP contribution >= 0.6 is 23.2 Å². The Labute approximate surface area is 522 Å². The minimum atomic E-state index is -5.41. The molecule has 2 aromatic heterocycles. The second-order valence-electron chi connectivity index (χ2n) is 18.8. The van der Waals surface area contributed by atoms with E-state index >= 15 is 0 Å². The van der Waals surface area contributed by atoms with Gasteiger partial charge < -0.3 is 51.9 Å². The van der Waals surface area contributed by atoms with Gasteiger partial charge in [-0.2, -0.15) is 73.8 Å². The predicted molar refractivity (Wildman–Crippen MR) is 318 cm³/mol. The molecule has 0 spiro atoms. The number of fused-ring (bicyclic) bond motifs is 2. The number of aromatic nitrogens is 6. The molecule has 0 saturated heterocycles. The van der Waals surface area contributed by atoms with Gasteiger partial charge in [0.05, 0.1) is 54.8 Å². The van der Waals surface area contributed by atoms with E-state index in [0.717, 1.165) is 48.5 Å². The molecule has 0 atom stereocenters. The lowest BCUT2D eigenvalue weighted by molar-refractivity contribution is 0.0676. The van der Waals surface area contributed by atoms with Gasteiger partial charge in [-0.05, 0) is 144 Å². The second-order valence-corrected chi connectivity index (χ2v) is 25.1. The number of carboxylic acids is 4. The fourth-order valence-corrected chi connectivity index (χ4v) is 11.3. The number of azo groups is 2. The molecule has 0 radical (unpaired) electrons. The van der Waals surface area contributed by atoms with Crippen LogP contribution in [0, 0.1) is 13.8 Å². The van der Waals surface area contributed by atoms with Crippen LogP contribution in [0.25, 0.3) is 21.5 Å². The van der Waals surface area contributed by atoms with Gasteiger partial charge in [0, 0.05) is 22.1 Å². The third-order valence-corrected chi connectivity index (χ3v) is 16.3. The van der Waals surface area contributed by atoms with Gasteiger partial charge in [0.2, 0.25) is 34.4 Å². The van der Waals surface area contributed by atoms with Crippen molar-refractivity contribution in [3.05, 3.63) is 129 Å². The summed E-state index contributed by atoms with van der Waals surface area (Å²) in [6.45, 7) is 3.17. The lowest BCUT2D eigenvalue weighted by atomic mass is 10.1. The smallest absolute Gasteiger partial charge is 0.335 e. The SMILES string of the molecule is Cc1cc(Nc2nc(Cl)nc(Nc3cc(S(=O)(=O)O)cc4cc(S(=O)(=O)O)c(N=Nc5cc(C(=O)O)cc(C(=O)O)c5)c(O)c34)n2)c(C)cc1Nc1nc(Cl)nc(Nc2cc(S(=O)(=O)O)cc3cc(S(=O)(=O)O)c(N=Nc4cc(C(=O)O)cc(C(=O)O)c4)c(O)c23)n1. The zero-order valence-electron chi connectivity index (χ0n) is 45.3. The molecule has 474 valence electrons. The molecule has 92 heavy (non-hydrogen) atoms. The molecule has 42 heteroatoms. The standard InChI is InChI=1S/C50H34Cl2N14O22S4/c1-17-3-30(54-48-58-46(52)60-50(62-48)56-32-16-28(90(80,81)82)12-20-14-34(92(86,87)88)38(40(68)36(20)32)66-64-26-9-23(43(73)74)6-24(10-26)44(75)76)18(2)4-29(17)53-47-57-45(51)59-49(61-47)55-31-15-27(89(77,78)79)11-19-13-33(91(83,84)85)37(39(67)35(19)31)65-63-25-7-21(41(69)70)5-22(8-25)42(71)72/h3-16,67-68H,1-2H3,(H,69,70)(H,71,72)(H,73,74)(H,75,76)(H,77,78,79)(H,80,81,82)(H,83,84,85)(H,86,87,88)(H2,53,55,57,59,61)(H2,54,56,58,60,62). The molecule has 0 aliphatic heterocycles. The van der Waals surface area contributed by atoms with E-state index in [2.05, 4.69) is 71.6 Å². The summed E-state index contributed by atoms with van der Waals surface area (Å²) >= 11 is 12.6. The highest BCUT2D eigenvalue weighted by Crippen LogP contribution is 2.48. The predicted octanol–water partition coefficient (Wildman–Crippen LogP) is 9.28. The van der Waals surface area contributed by atoms with Crippen molar-refractivity contribution in [2.24, 2.45) is 20.5 Å². The van der Waals surface area contributed by atoms with Crippen LogP contribution in [0.1, 0.15) is 52.6 Å². The van der Waals surface area contributed by atoms with E-state index in [-0.39, 0.29) is 23.3 Å². The monoisotopic (exact) mass is 1380 g/mol. The lowest BCUT2D eigenvalue weighted by Crippen LogP contribution is -2.08. The molecule has 0 saturated carbocycles. The number of nitrogens with zero attached hydrogens (tertiary/aromatic N) is 10. The molecule has 2 heterocycles. The fourth-order valence-electron chi connectivity index (χ4n) is 8.54. The zero-order valence-corrected chi connectivity index (χ0v) is 50.1. The normalized spacial score (nSPS) is 12.2. The quantitative estimate of drug-likeness (QED) is 0.0249. The van der Waals surface area contributed by atoms with Crippen molar-refractivity contribution in [2.75, 3.05) is 21.3 Å². The number of phenolic OH excluding ortho intramolecular Hbond substituents is 2. The zero-order chi connectivity index (χ0) is 67.4. The van der Waals surface area contributed by atoms with E-state index in [0.29, 0.717) is 35.4 Å². The van der Waals surface area contributed by atoms with Gasteiger partial charge in [-0.15, -0.1) is 10.2 Å². The van der Waals surface area contributed by atoms with Crippen LogP contribution in [-0.4, -0.2) is 136 Å². The summed E-state index contributed by atoms with van der Waals surface area (Å²) in [4.78, 5) is 67.3. The van der Waals surface area contributed by atoms with Crippen molar-refractivity contribution in [3.63, 3.8) is 0 Å². The Morgan fingerprint density at radius 2 is 0.685 bits per heavy atom. The van der Waals surface area contributed by atoms with Gasteiger partial charge in [0.25, 0.3) is 40.5 Å². The van der Waals surface area contributed by atoms with Gasteiger partial charge in [-0.1, -0.05) is 0 Å². The molecule has 36 nitrogen and oxygen atoms in total. The van der Waals surface area contributed by atoms with Gasteiger partial charge in [-0.3, -0.25) is 18.2 Å². The number of rotatable bonds is 20. The van der Waals surface area contributed by atoms with Crippen LogP contribution in [0.5, 0.6) is 11.5 Å². The summed E-state index contributed by atoms with van der Waals surface area (Å²) in [7, 11) is -21.2. The molecule has 14 N–H and O–H groups in total. The van der Waals surface area contributed by atoms with Crippen molar-refractivity contribution in [2.45, 2.75) is 33.4 Å². The first-order valence-electron chi connectivity index (χ1n) is 24.5. The number of benzene rings is 7. The molecule has 9 aromatic rings. The van der Waals surface area contributed by atoms with Crippen molar-refractivity contribution in [1.82, 2.24) is 29.9 Å². The minimum absolute atomic E-state index is 0.270. The first kappa shape index (κ1) is 65.6. The number of phenols is 2. The van der Waals surface area contributed by atoms with E-state index in [1.165, 1.54) is 12.1 Å². The maximum absolute atomic E-state index is 12.7. The summed E-state index contributed by atoms with van der Waals surface area (Å²) in [5, 5.41) is 84.2. The molecule has 0 unspecified atom stereocenters. The average Bonchev–Trinajstić information content (AvgIpc) is 0.758. The number of aromatic hydroxyl groups is 2. The number of halogens is 2. The molecule has 7 aromatic carbocycles. The Morgan fingerprint density at radius 1 is 0.391 bits per heavy atom. The number of hydrogen-bond donors (Lipinski definition) is 14. The van der Waals surface area contributed by atoms with Crippen LogP contribution < -0.4 is 21.3 Å². The Balaban J connectivity index is 1.04. The van der Waals surface area contributed by atoms with Gasteiger partial charge in [-0.25, -0.2) is 19.2 Å². The maximum atomic E-state index is 12.7. The third kappa shape index (κ3) is 14.4. The molecule has 0 amide bonds. The van der Waals surface area contributed by atoms with Crippen molar-refractivity contribution >= 4 is 178 Å². The number of nitrogens with one attached hydrogen (secondary N) is 4. The Hall–Kier alpha value is -10.8. The summed E-state index contributed by atoms with van der Waals surface area (Å²) in [6.07, 6.45) is 0. The molecule has 0 aliphatic rings. The Morgan fingerprint density at radius 3 is 0.957 bits per heavy atom. The largest absolute Gasteiger partial charge is 0.505 e. The summed E-state index contributed by atoms with van der Waals surface area (Å²) in [5.74, 6) is -10.3. The van der Waals surface area contributed by atoms with Crippen LogP contribution in [0.3, 0.4) is 0 Å². The third-order valence-electron chi connectivity index (χ3n) is 12.5. The Kier molecular flexibility index (Phi) is 17.5. The number of carboxylic acid groups (broad SMARTS) is 4. The number of aromatic carboxylic acids is 4. The van der Waals surface area contributed by atoms with E-state index in [1.807, 2.05) is 0 Å². The maximum Gasteiger partial charge on any atom is 0.335 e. The molecule has 0 fully saturated rings. The highest BCUT2D eigenvalue weighted by Gasteiger charge is 2.29. The number of aryl methyl sites for hydroxylation is 2. The van der Waals surface area contributed by atoms with Crippen LogP contribution in [0.2, 0.25) is 10.6 Å².